The summed E-state index contributed by atoms with van der Waals surface area (Å²) in [5.74, 6) is 1.53. The first-order chi connectivity index (χ1) is 8.57. The van der Waals surface area contributed by atoms with Crippen LogP contribution in [0.15, 0.2) is 18.2 Å². The van der Waals surface area contributed by atoms with Crippen LogP contribution in [-0.2, 0) is 5.54 Å². The van der Waals surface area contributed by atoms with Crippen LogP contribution in [0, 0.1) is 24.6 Å². The number of benzene rings is 1. The molecule has 0 amide bonds. The van der Waals surface area contributed by atoms with E-state index in [0.717, 1.165) is 35.8 Å². The SMILES string of the molecule is Cc1cc(F)cc(C2(N)CCCC(C3CC3)C2)c1. The van der Waals surface area contributed by atoms with Gasteiger partial charge in [0, 0.05) is 5.54 Å². The van der Waals surface area contributed by atoms with Crippen LogP contribution in [0.5, 0.6) is 0 Å². The average Bonchev–Trinajstić information content (AvgIpc) is 3.11. The van der Waals surface area contributed by atoms with Gasteiger partial charge in [0.1, 0.15) is 5.82 Å². The van der Waals surface area contributed by atoms with Crippen molar-refractivity contribution in [3.8, 4) is 0 Å². The second kappa shape index (κ2) is 4.34. The minimum atomic E-state index is -0.293. The lowest BCUT2D eigenvalue weighted by Gasteiger charge is -2.39. The fraction of sp³-hybridized carbons (Fsp3) is 0.625. The van der Waals surface area contributed by atoms with E-state index in [4.69, 9.17) is 5.73 Å². The van der Waals surface area contributed by atoms with Crippen molar-refractivity contribution in [1.29, 1.82) is 0 Å². The van der Waals surface area contributed by atoms with Gasteiger partial charge in [-0.3, -0.25) is 0 Å². The maximum atomic E-state index is 13.6. The van der Waals surface area contributed by atoms with E-state index >= 15 is 0 Å². The van der Waals surface area contributed by atoms with Gasteiger partial charge in [-0.05, 0) is 67.7 Å². The highest BCUT2D eigenvalue weighted by Gasteiger charge is 2.40. The third kappa shape index (κ3) is 2.31. The number of rotatable bonds is 2. The zero-order valence-corrected chi connectivity index (χ0v) is 11.1. The van der Waals surface area contributed by atoms with Crippen LogP contribution in [0.2, 0.25) is 0 Å². The minimum Gasteiger partial charge on any atom is -0.321 e. The molecule has 1 aromatic carbocycles. The second-order valence-corrected chi connectivity index (χ2v) is 6.37. The van der Waals surface area contributed by atoms with Crippen LogP contribution in [0.4, 0.5) is 4.39 Å². The highest BCUT2D eigenvalue weighted by molar-refractivity contribution is 5.30. The molecule has 0 aliphatic heterocycles. The Labute approximate surface area is 109 Å². The molecule has 2 fully saturated rings. The highest BCUT2D eigenvalue weighted by Crippen LogP contribution is 2.48. The Kier molecular flexibility index (Phi) is 2.93. The summed E-state index contributed by atoms with van der Waals surface area (Å²) in [5, 5.41) is 0. The Hall–Kier alpha value is -0.890. The normalized spacial score (nSPS) is 32.5. The van der Waals surface area contributed by atoms with E-state index in [-0.39, 0.29) is 11.4 Å². The fourth-order valence-electron chi connectivity index (χ4n) is 3.61. The molecule has 18 heavy (non-hydrogen) atoms. The molecule has 98 valence electrons. The van der Waals surface area contributed by atoms with Crippen LogP contribution in [0.25, 0.3) is 0 Å². The number of hydrogen-bond donors (Lipinski definition) is 1. The standard InChI is InChI=1S/C16H22FN/c1-11-7-14(9-15(17)8-11)16(18)6-2-3-13(10-16)12-4-5-12/h7-9,12-13H,2-6,10,18H2,1H3. The van der Waals surface area contributed by atoms with E-state index in [1.807, 2.05) is 6.92 Å². The van der Waals surface area contributed by atoms with Gasteiger partial charge in [-0.2, -0.15) is 0 Å². The third-order valence-electron chi connectivity index (χ3n) is 4.73. The predicted molar refractivity (Wildman–Crippen MR) is 71.7 cm³/mol. The van der Waals surface area contributed by atoms with Crippen molar-refractivity contribution >= 4 is 0 Å². The topological polar surface area (TPSA) is 26.0 Å². The van der Waals surface area contributed by atoms with E-state index in [0.29, 0.717) is 0 Å². The van der Waals surface area contributed by atoms with Gasteiger partial charge in [0.25, 0.3) is 0 Å². The van der Waals surface area contributed by atoms with Crippen molar-refractivity contribution in [3.63, 3.8) is 0 Å². The highest BCUT2D eigenvalue weighted by atomic mass is 19.1. The smallest absolute Gasteiger partial charge is 0.123 e. The van der Waals surface area contributed by atoms with E-state index in [1.165, 1.54) is 25.7 Å². The van der Waals surface area contributed by atoms with E-state index in [2.05, 4.69) is 6.07 Å². The van der Waals surface area contributed by atoms with Crippen LogP contribution >= 0.6 is 0 Å². The van der Waals surface area contributed by atoms with Crippen LogP contribution in [0.1, 0.15) is 49.7 Å². The maximum absolute atomic E-state index is 13.6. The fourth-order valence-corrected chi connectivity index (χ4v) is 3.61. The molecule has 2 unspecified atom stereocenters. The molecule has 0 heterocycles. The van der Waals surface area contributed by atoms with Crippen LogP contribution in [0.3, 0.4) is 0 Å². The van der Waals surface area contributed by atoms with E-state index in [1.54, 1.807) is 12.1 Å². The lowest BCUT2D eigenvalue weighted by Crippen LogP contribution is -2.42. The monoisotopic (exact) mass is 247 g/mol. The van der Waals surface area contributed by atoms with Gasteiger partial charge in [0.05, 0.1) is 0 Å². The first-order valence-corrected chi connectivity index (χ1v) is 7.13. The molecular formula is C16H22FN. The Morgan fingerprint density at radius 3 is 2.61 bits per heavy atom. The van der Waals surface area contributed by atoms with Gasteiger partial charge < -0.3 is 5.73 Å². The second-order valence-electron chi connectivity index (χ2n) is 6.37. The summed E-state index contributed by atoms with van der Waals surface area (Å²) in [7, 11) is 0. The Bertz CT molecular complexity index is 432. The third-order valence-corrected chi connectivity index (χ3v) is 4.73. The van der Waals surface area contributed by atoms with Gasteiger partial charge in [0.15, 0.2) is 0 Å². The Balaban J connectivity index is 1.87. The molecule has 1 nitrogen and oxygen atoms in total. The van der Waals surface area contributed by atoms with Gasteiger partial charge in [-0.25, -0.2) is 4.39 Å². The number of aryl methyl sites for hydroxylation is 1. The van der Waals surface area contributed by atoms with Gasteiger partial charge in [-0.15, -0.1) is 0 Å². The summed E-state index contributed by atoms with van der Waals surface area (Å²) in [5.41, 5.74) is 8.29. The molecule has 2 saturated carbocycles. The van der Waals surface area contributed by atoms with Crippen molar-refractivity contribution < 1.29 is 4.39 Å². The van der Waals surface area contributed by atoms with Crippen molar-refractivity contribution in [2.24, 2.45) is 17.6 Å². The molecule has 2 atom stereocenters. The van der Waals surface area contributed by atoms with E-state index < -0.39 is 0 Å². The zero-order chi connectivity index (χ0) is 12.8. The lowest BCUT2D eigenvalue weighted by molar-refractivity contribution is 0.206. The molecule has 2 heteroatoms. The summed E-state index contributed by atoms with van der Waals surface area (Å²) >= 11 is 0. The zero-order valence-electron chi connectivity index (χ0n) is 11.1. The number of hydrogen-bond acceptors (Lipinski definition) is 1. The van der Waals surface area contributed by atoms with Gasteiger partial charge in [0.2, 0.25) is 0 Å². The predicted octanol–water partition coefficient (Wildman–Crippen LogP) is 3.89. The maximum Gasteiger partial charge on any atom is 0.123 e. The summed E-state index contributed by atoms with van der Waals surface area (Å²) in [6, 6.07) is 5.29. The number of halogens is 1. The number of nitrogens with two attached hydrogens (primary N) is 1. The summed E-state index contributed by atoms with van der Waals surface area (Å²) in [6.07, 6.45) is 7.30. The molecule has 2 N–H and O–H groups in total. The molecule has 0 saturated heterocycles. The van der Waals surface area contributed by atoms with E-state index in [9.17, 15) is 4.39 Å². The molecule has 1 aromatic rings. The van der Waals surface area contributed by atoms with Crippen LogP contribution < -0.4 is 5.73 Å². The first kappa shape index (κ1) is 12.2. The van der Waals surface area contributed by atoms with Crippen molar-refractivity contribution in [3.05, 3.63) is 35.1 Å². The molecule has 0 spiro atoms. The summed E-state index contributed by atoms with van der Waals surface area (Å²) in [4.78, 5) is 0. The van der Waals surface area contributed by atoms with Crippen molar-refractivity contribution in [1.82, 2.24) is 0 Å². The average molecular weight is 247 g/mol. The van der Waals surface area contributed by atoms with Crippen LogP contribution in [-0.4, -0.2) is 0 Å². The Morgan fingerprint density at radius 2 is 1.94 bits per heavy atom. The Morgan fingerprint density at radius 1 is 1.17 bits per heavy atom. The summed E-state index contributed by atoms with van der Waals surface area (Å²) in [6.45, 7) is 1.94. The minimum absolute atomic E-state index is 0.150. The van der Waals surface area contributed by atoms with Gasteiger partial charge >= 0.3 is 0 Å². The molecule has 3 rings (SSSR count). The quantitative estimate of drug-likeness (QED) is 0.843. The molecular weight excluding hydrogens is 225 g/mol. The molecule has 2 aliphatic carbocycles. The summed E-state index contributed by atoms with van der Waals surface area (Å²) < 4.78 is 13.6. The van der Waals surface area contributed by atoms with Crippen molar-refractivity contribution in [2.45, 2.75) is 51.0 Å². The first-order valence-electron chi connectivity index (χ1n) is 7.13. The van der Waals surface area contributed by atoms with Gasteiger partial charge in [-0.1, -0.05) is 18.9 Å². The van der Waals surface area contributed by atoms with Crippen molar-refractivity contribution in [2.75, 3.05) is 0 Å². The largest absolute Gasteiger partial charge is 0.321 e. The molecule has 2 aliphatic rings. The lowest BCUT2D eigenvalue weighted by atomic mass is 9.71. The molecule has 0 bridgehead atoms. The molecule has 0 aromatic heterocycles. The molecule has 0 radical (unpaired) electrons.